The highest BCUT2D eigenvalue weighted by atomic mass is 16.2. The van der Waals surface area contributed by atoms with Gasteiger partial charge in [0.1, 0.15) is 0 Å². The van der Waals surface area contributed by atoms with E-state index in [0.29, 0.717) is 51.1 Å². The highest BCUT2D eigenvalue weighted by molar-refractivity contribution is 5.79. The van der Waals surface area contributed by atoms with Gasteiger partial charge in [-0.2, -0.15) is 0 Å². The average Bonchev–Trinajstić information content (AvgIpc) is 2.43. The van der Waals surface area contributed by atoms with Crippen LogP contribution in [0.1, 0.15) is 40.5 Å². The van der Waals surface area contributed by atoms with Crippen molar-refractivity contribution in [1.82, 2.24) is 15.1 Å². The molecule has 5 nitrogen and oxygen atoms in total. The third-order valence-electron chi connectivity index (χ3n) is 3.78. The van der Waals surface area contributed by atoms with Gasteiger partial charge >= 0.3 is 0 Å². The monoisotopic (exact) mass is 283 g/mol. The molecule has 1 aliphatic rings. The van der Waals surface area contributed by atoms with Crippen LogP contribution in [0.25, 0.3) is 0 Å². The Morgan fingerprint density at radius 2 is 1.50 bits per heavy atom. The van der Waals surface area contributed by atoms with Crippen LogP contribution >= 0.6 is 0 Å². The first kappa shape index (κ1) is 17.0. The minimum Gasteiger partial charge on any atom is -0.339 e. The SMILES string of the molecule is CCC(C)NCC(=O)N1CCN(C(=O)CC(C)C)CC1. The first-order chi connectivity index (χ1) is 9.43. The normalized spacial score (nSPS) is 17.4. The number of nitrogens with one attached hydrogen (secondary N) is 1. The number of amides is 2. The Morgan fingerprint density at radius 3 is 1.95 bits per heavy atom. The summed E-state index contributed by atoms with van der Waals surface area (Å²) >= 11 is 0. The van der Waals surface area contributed by atoms with Gasteiger partial charge < -0.3 is 15.1 Å². The molecule has 116 valence electrons. The summed E-state index contributed by atoms with van der Waals surface area (Å²) < 4.78 is 0. The zero-order valence-corrected chi connectivity index (χ0v) is 13.3. The topological polar surface area (TPSA) is 52.7 Å². The van der Waals surface area contributed by atoms with Crippen molar-refractivity contribution in [3.8, 4) is 0 Å². The molecule has 1 saturated heterocycles. The molecule has 2 amide bonds. The van der Waals surface area contributed by atoms with Crippen LogP contribution in [-0.4, -0.2) is 60.4 Å². The van der Waals surface area contributed by atoms with Crippen molar-refractivity contribution < 1.29 is 9.59 Å². The lowest BCUT2D eigenvalue weighted by Crippen LogP contribution is -2.52. The van der Waals surface area contributed by atoms with E-state index in [1.165, 1.54) is 0 Å². The van der Waals surface area contributed by atoms with Crippen LogP contribution in [0.5, 0.6) is 0 Å². The van der Waals surface area contributed by atoms with Crippen molar-refractivity contribution in [3.05, 3.63) is 0 Å². The molecule has 0 bridgehead atoms. The van der Waals surface area contributed by atoms with Gasteiger partial charge in [0.2, 0.25) is 11.8 Å². The van der Waals surface area contributed by atoms with Crippen LogP contribution < -0.4 is 5.32 Å². The van der Waals surface area contributed by atoms with Crippen LogP contribution in [0.4, 0.5) is 0 Å². The molecule has 1 N–H and O–H groups in total. The van der Waals surface area contributed by atoms with Crippen LogP contribution in [0.3, 0.4) is 0 Å². The summed E-state index contributed by atoms with van der Waals surface area (Å²) in [4.78, 5) is 27.7. The van der Waals surface area contributed by atoms with Gasteiger partial charge in [0, 0.05) is 38.6 Å². The second-order valence-electron chi connectivity index (χ2n) is 6.05. The molecule has 20 heavy (non-hydrogen) atoms. The van der Waals surface area contributed by atoms with E-state index < -0.39 is 0 Å². The average molecular weight is 283 g/mol. The fraction of sp³-hybridized carbons (Fsp3) is 0.867. The lowest BCUT2D eigenvalue weighted by Gasteiger charge is -2.35. The molecule has 0 spiro atoms. The largest absolute Gasteiger partial charge is 0.339 e. The second kappa shape index (κ2) is 8.25. The summed E-state index contributed by atoms with van der Waals surface area (Å²) in [6.45, 7) is 11.3. The molecule has 1 unspecified atom stereocenters. The van der Waals surface area contributed by atoms with Crippen LogP contribution in [0.15, 0.2) is 0 Å². The zero-order chi connectivity index (χ0) is 15.1. The molecule has 1 atom stereocenters. The molecule has 0 saturated carbocycles. The predicted octanol–water partition coefficient (Wildman–Crippen LogP) is 1.09. The van der Waals surface area contributed by atoms with Crippen LogP contribution in [-0.2, 0) is 9.59 Å². The first-order valence-corrected chi connectivity index (χ1v) is 7.73. The van der Waals surface area contributed by atoms with Crippen molar-refractivity contribution in [3.63, 3.8) is 0 Å². The molecular weight excluding hydrogens is 254 g/mol. The smallest absolute Gasteiger partial charge is 0.236 e. The first-order valence-electron chi connectivity index (χ1n) is 7.73. The molecule has 0 aromatic rings. The van der Waals surface area contributed by atoms with E-state index >= 15 is 0 Å². The number of carbonyl (C=O) groups excluding carboxylic acids is 2. The molecule has 5 heteroatoms. The van der Waals surface area contributed by atoms with Crippen molar-refractivity contribution in [2.75, 3.05) is 32.7 Å². The number of nitrogens with zero attached hydrogens (tertiary/aromatic N) is 2. The highest BCUT2D eigenvalue weighted by Crippen LogP contribution is 2.08. The molecule has 0 aromatic heterocycles. The van der Waals surface area contributed by atoms with E-state index in [0.717, 1.165) is 6.42 Å². The molecule has 1 aliphatic heterocycles. The van der Waals surface area contributed by atoms with Gasteiger partial charge in [0.25, 0.3) is 0 Å². The van der Waals surface area contributed by atoms with Gasteiger partial charge in [0.05, 0.1) is 6.54 Å². The molecular formula is C15H29N3O2. The zero-order valence-electron chi connectivity index (χ0n) is 13.3. The number of rotatable bonds is 6. The van der Waals surface area contributed by atoms with Gasteiger partial charge in [-0.3, -0.25) is 9.59 Å². The Kier molecular flexibility index (Phi) is 6.99. The van der Waals surface area contributed by atoms with E-state index in [1.54, 1.807) is 0 Å². The van der Waals surface area contributed by atoms with Crippen molar-refractivity contribution in [1.29, 1.82) is 0 Å². The summed E-state index contributed by atoms with van der Waals surface area (Å²) in [5, 5.41) is 3.22. The quantitative estimate of drug-likeness (QED) is 0.794. The maximum absolute atomic E-state index is 12.0. The van der Waals surface area contributed by atoms with Gasteiger partial charge in [0.15, 0.2) is 0 Å². The molecule has 0 aromatic carbocycles. The van der Waals surface area contributed by atoms with E-state index in [1.807, 2.05) is 9.80 Å². The Bertz CT molecular complexity index is 323. The fourth-order valence-corrected chi connectivity index (χ4v) is 2.20. The van der Waals surface area contributed by atoms with Gasteiger partial charge in [-0.1, -0.05) is 20.8 Å². The minimum atomic E-state index is 0.140. The Morgan fingerprint density at radius 1 is 1.00 bits per heavy atom. The molecule has 0 radical (unpaired) electrons. The molecule has 0 aliphatic carbocycles. The van der Waals surface area contributed by atoms with Crippen LogP contribution in [0.2, 0.25) is 0 Å². The van der Waals surface area contributed by atoms with Crippen molar-refractivity contribution in [2.45, 2.75) is 46.6 Å². The number of carbonyl (C=O) groups is 2. The molecule has 1 heterocycles. The van der Waals surface area contributed by atoms with Gasteiger partial charge in [-0.15, -0.1) is 0 Å². The Balaban J connectivity index is 2.31. The summed E-state index contributed by atoms with van der Waals surface area (Å²) in [5.41, 5.74) is 0. The predicted molar refractivity (Wildman–Crippen MR) is 80.4 cm³/mol. The highest BCUT2D eigenvalue weighted by Gasteiger charge is 2.24. The second-order valence-corrected chi connectivity index (χ2v) is 6.05. The van der Waals surface area contributed by atoms with Crippen molar-refractivity contribution in [2.24, 2.45) is 5.92 Å². The number of piperazine rings is 1. The van der Waals surface area contributed by atoms with Crippen molar-refractivity contribution >= 4 is 11.8 Å². The molecule has 1 rings (SSSR count). The van der Waals surface area contributed by atoms with Crippen LogP contribution in [0, 0.1) is 5.92 Å². The van der Waals surface area contributed by atoms with E-state index in [2.05, 4.69) is 33.0 Å². The fourth-order valence-electron chi connectivity index (χ4n) is 2.20. The summed E-state index contributed by atoms with van der Waals surface area (Å²) in [7, 11) is 0. The lowest BCUT2D eigenvalue weighted by atomic mass is 10.1. The van der Waals surface area contributed by atoms with Gasteiger partial charge in [-0.05, 0) is 19.3 Å². The van der Waals surface area contributed by atoms with E-state index in [4.69, 9.17) is 0 Å². The van der Waals surface area contributed by atoms with E-state index in [-0.39, 0.29) is 11.8 Å². The Hall–Kier alpha value is -1.10. The van der Waals surface area contributed by atoms with Gasteiger partial charge in [-0.25, -0.2) is 0 Å². The Labute approximate surface area is 122 Å². The maximum Gasteiger partial charge on any atom is 0.236 e. The standard InChI is InChI=1S/C15H29N3O2/c1-5-13(4)16-11-15(20)18-8-6-17(7-9-18)14(19)10-12(2)3/h12-13,16H,5-11H2,1-4H3. The lowest BCUT2D eigenvalue weighted by molar-refractivity contribution is -0.139. The maximum atomic E-state index is 12.0. The molecule has 1 fully saturated rings. The summed E-state index contributed by atoms with van der Waals surface area (Å²) in [5.74, 6) is 0.744. The third-order valence-corrected chi connectivity index (χ3v) is 3.78. The van der Waals surface area contributed by atoms with E-state index in [9.17, 15) is 9.59 Å². The minimum absolute atomic E-state index is 0.140. The third kappa shape index (κ3) is 5.49. The summed E-state index contributed by atoms with van der Waals surface area (Å²) in [6, 6.07) is 0.368. The summed E-state index contributed by atoms with van der Waals surface area (Å²) in [6.07, 6.45) is 1.62. The number of hydrogen-bond donors (Lipinski definition) is 1. The number of hydrogen-bond acceptors (Lipinski definition) is 3.